The zero-order valence-corrected chi connectivity index (χ0v) is 11.6. The second-order valence-corrected chi connectivity index (χ2v) is 5.55. The Balaban J connectivity index is 2.06. The fourth-order valence-electron chi connectivity index (χ4n) is 2.17. The molecule has 2 heterocycles. The third-order valence-corrected chi connectivity index (χ3v) is 4.68. The molecule has 1 aliphatic heterocycles. The molecule has 0 bridgehead atoms. The highest BCUT2D eigenvalue weighted by Gasteiger charge is 2.20. The number of hydrogen-bond donors (Lipinski definition) is 1. The minimum absolute atomic E-state index is 0.404. The quantitative estimate of drug-likeness (QED) is 0.891. The van der Waals surface area contributed by atoms with Crippen molar-refractivity contribution in [3.8, 4) is 0 Å². The third kappa shape index (κ3) is 2.78. The van der Waals surface area contributed by atoms with Crippen molar-refractivity contribution in [2.24, 2.45) is 0 Å². The lowest BCUT2D eigenvalue weighted by atomic mass is 10.3. The van der Waals surface area contributed by atoms with E-state index in [9.17, 15) is 5.11 Å². The van der Waals surface area contributed by atoms with Crippen LogP contribution in [-0.2, 0) is 0 Å². The van der Waals surface area contributed by atoms with Crippen LogP contribution >= 0.6 is 11.3 Å². The number of nitrogens with zero attached hydrogens (tertiary/aromatic N) is 3. The Morgan fingerprint density at radius 1 is 1.35 bits per heavy atom. The third-order valence-electron chi connectivity index (χ3n) is 3.29. The maximum absolute atomic E-state index is 9.64. The van der Waals surface area contributed by atoms with Gasteiger partial charge in [-0.05, 0) is 20.4 Å². The lowest BCUT2D eigenvalue weighted by Crippen LogP contribution is -2.46. The number of thiazole rings is 1. The summed E-state index contributed by atoms with van der Waals surface area (Å²) in [4.78, 5) is 10.4. The summed E-state index contributed by atoms with van der Waals surface area (Å²) >= 11 is 1.63. The van der Waals surface area contributed by atoms with Crippen molar-refractivity contribution < 1.29 is 5.11 Å². The molecule has 0 saturated carbocycles. The summed E-state index contributed by atoms with van der Waals surface area (Å²) in [5.74, 6) is 0. The molecule has 1 atom stereocenters. The highest BCUT2D eigenvalue weighted by molar-refractivity contribution is 7.15. The summed E-state index contributed by atoms with van der Waals surface area (Å²) in [6, 6.07) is 0. The zero-order chi connectivity index (χ0) is 12.4. The number of aliphatic hydroxyl groups excluding tert-OH is 1. The highest BCUT2D eigenvalue weighted by atomic mass is 32.1. The van der Waals surface area contributed by atoms with Gasteiger partial charge in [-0.3, -0.25) is 0 Å². The molecular weight excluding hydrogens is 234 g/mol. The summed E-state index contributed by atoms with van der Waals surface area (Å²) < 4.78 is 0. The van der Waals surface area contributed by atoms with Gasteiger partial charge < -0.3 is 14.9 Å². The van der Waals surface area contributed by atoms with Crippen LogP contribution in [0.3, 0.4) is 0 Å². The Morgan fingerprint density at radius 2 is 2.00 bits per heavy atom. The van der Waals surface area contributed by atoms with Gasteiger partial charge in [-0.25, -0.2) is 4.98 Å². The Hall–Kier alpha value is -0.650. The first kappa shape index (κ1) is 12.8. The first-order valence-electron chi connectivity index (χ1n) is 6.24. The molecule has 1 aromatic heterocycles. The maximum Gasteiger partial charge on any atom is 0.185 e. The first-order chi connectivity index (χ1) is 8.11. The summed E-state index contributed by atoms with van der Waals surface area (Å²) in [5, 5.41) is 10.7. The van der Waals surface area contributed by atoms with Crippen molar-refractivity contribution >= 4 is 16.5 Å². The van der Waals surface area contributed by atoms with Crippen LogP contribution < -0.4 is 4.90 Å². The summed E-state index contributed by atoms with van der Waals surface area (Å²) in [5.41, 5.74) is 0.970. The molecule has 0 aromatic carbocycles. The number of aromatic nitrogens is 1. The van der Waals surface area contributed by atoms with Crippen molar-refractivity contribution in [3.05, 3.63) is 10.6 Å². The Bertz CT molecular complexity index is 370. The predicted molar refractivity (Wildman–Crippen MR) is 71.8 cm³/mol. The topological polar surface area (TPSA) is 39.6 Å². The number of likely N-dealkylation sites (N-methyl/N-ethyl adjacent to an activating group) is 1. The SMILES string of the molecule is CCN1CCN(c2nc(C)c(C(C)O)s2)CC1. The minimum Gasteiger partial charge on any atom is -0.388 e. The van der Waals surface area contributed by atoms with Crippen LogP contribution in [0.5, 0.6) is 0 Å². The van der Waals surface area contributed by atoms with Gasteiger partial charge in [0, 0.05) is 26.2 Å². The van der Waals surface area contributed by atoms with E-state index in [2.05, 4.69) is 21.7 Å². The molecule has 5 heteroatoms. The van der Waals surface area contributed by atoms with Gasteiger partial charge >= 0.3 is 0 Å². The molecule has 0 spiro atoms. The average molecular weight is 255 g/mol. The van der Waals surface area contributed by atoms with E-state index >= 15 is 0 Å². The second-order valence-electron chi connectivity index (χ2n) is 4.54. The van der Waals surface area contributed by atoms with Gasteiger partial charge in [0.2, 0.25) is 0 Å². The molecule has 2 rings (SSSR count). The molecular formula is C12H21N3OS. The largest absolute Gasteiger partial charge is 0.388 e. The van der Waals surface area contributed by atoms with E-state index < -0.39 is 6.10 Å². The van der Waals surface area contributed by atoms with Crippen molar-refractivity contribution in [2.75, 3.05) is 37.6 Å². The van der Waals surface area contributed by atoms with Gasteiger partial charge in [0.25, 0.3) is 0 Å². The van der Waals surface area contributed by atoms with Crippen molar-refractivity contribution in [2.45, 2.75) is 26.9 Å². The number of piperazine rings is 1. The van der Waals surface area contributed by atoms with Crippen LogP contribution in [0.1, 0.15) is 30.5 Å². The monoisotopic (exact) mass is 255 g/mol. The van der Waals surface area contributed by atoms with Crippen LogP contribution in [0.4, 0.5) is 5.13 Å². The van der Waals surface area contributed by atoms with Gasteiger partial charge in [-0.15, -0.1) is 0 Å². The smallest absolute Gasteiger partial charge is 0.185 e. The molecule has 0 amide bonds. The van der Waals surface area contributed by atoms with Crippen molar-refractivity contribution in [3.63, 3.8) is 0 Å². The predicted octanol–water partition coefficient (Wildman–Crippen LogP) is 1.65. The van der Waals surface area contributed by atoms with E-state index in [1.165, 1.54) is 0 Å². The van der Waals surface area contributed by atoms with Crippen LogP contribution in [0.25, 0.3) is 0 Å². The van der Waals surface area contributed by atoms with E-state index in [0.717, 1.165) is 48.4 Å². The number of aliphatic hydroxyl groups is 1. The molecule has 17 heavy (non-hydrogen) atoms. The number of anilines is 1. The van der Waals surface area contributed by atoms with Crippen molar-refractivity contribution in [1.29, 1.82) is 0 Å². The summed E-state index contributed by atoms with van der Waals surface area (Å²) in [6.07, 6.45) is -0.404. The zero-order valence-electron chi connectivity index (χ0n) is 10.8. The second kappa shape index (κ2) is 5.33. The highest BCUT2D eigenvalue weighted by Crippen LogP contribution is 2.30. The standard InChI is InChI=1S/C12H21N3OS/c1-4-14-5-7-15(8-6-14)12-13-9(2)11(17-12)10(3)16/h10,16H,4-8H2,1-3H3. The summed E-state index contributed by atoms with van der Waals surface area (Å²) in [7, 11) is 0. The number of rotatable bonds is 3. The van der Waals surface area contributed by atoms with Crippen LogP contribution in [0.2, 0.25) is 0 Å². The van der Waals surface area contributed by atoms with E-state index in [1.807, 2.05) is 6.92 Å². The van der Waals surface area contributed by atoms with E-state index in [-0.39, 0.29) is 0 Å². The molecule has 1 aromatic rings. The lowest BCUT2D eigenvalue weighted by molar-refractivity contribution is 0.202. The molecule has 4 nitrogen and oxygen atoms in total. The molecule has 0 radical (unpaired) electrons. The maximum atomic E-state index is 9.64. The van der Waals surface area contributed by atoms with Gasteiger partial charge in [0.05, 0.1) is 16.7 Å². The van der Waals surface area contributed by atoms with E-state index in [0.29, 0.717) is 0 Å². The Labute approximate surface area is 107 Å². The lowest BCUT2D eigenvalue weighted by Gasteiger charge is -2.33. The minimum atomic E-state index is -0.404. The Morgan fingerprint density at radius 3 is 2.47 bits per heavy atom. The molecule has 1 fully saturated rings. The fourth-order valence-corrected chi connectivity index (χ4v) is 3.23. The fraction of sp³-hybridized carbons (Fsp3) is 0.750. The van der Waals surface area contributed by atoms with Gasteiger partial charge in [-0.2, -0.15) is 0 Å². The molecule has 0 aliphatic carbocycles. The molecule has 1 aliphatic rings. The molecule has 1 saturated heterocycles. The molecule has 1 unspecified atom stereocenters. The normalized spacial score (nSPS) is 19.6. The average Bonchev–Trinajstić information content (AvgIpc) is 2.71. The van der Waals surface area contributed by atoms with Crippen LogP contribution in [-0.4, -0.2) is 47.7 Å². The van der Waals surface area contributed by atoms with Gasteiger partial charge in [0.1, 0.15) is 0 Å². The number of aryl methyl sites for hydroxylation is 1. The van der Waals surface area contributed by atoms with Gasteiger partial charge in [-0.1, -0.05) is 18.3 Å². The van der Waals surface area contributed by atoms with Crippen molar-refractivity contribution in [1.82, 2.24) is 9.88 Å². The van der Waals surface area contributed by atoms with Crippen LogP contribution in [0, 0.1) is 6.92 Å². The van der Waals surface area contributed by atoms with E-state index in [4.69, 9.17) is 0 Å². The summed E-state index contributed by atoms with van der Waals surface area (Å²) in [6.45, 7) is 11.4. The first-order valence-corrected chi connectivity index (χ1v) is 7.06. The van der Waals surface area contributed by atoms with Crippen LogP contribution in [0.15, 0.2) is 0 Å². The van der Waals surface area contributed by atoms with E-state index in [1.54, 1.807) is 18.3 Å². The molecule has 1 N–H and O–H groups in total. The van der Waals surface area contributed by atoms with Gasteiger partial charge in [0.15, 0.2) is 5.13 Å². The number of hydrogen-bond acceptors (Lipinski definition) is 5. The Kier molecular flexibility index (Phi) is 4.01. The molecule has 96 valence electrons.